The van der Waals surface area contributed by atoms with Gasteiger partial charge in [0.15, 0.2) is 0 Å². The summed E-state index contributed by atoms with van der Waals surface area (Å²) in [4.78, 5) is 22.0. The van der Waals surface area contributed by atoms with E-state index in [1.54, 1.807) is 0 Å². The van der Waals surface area contributed by atoms with Gasteiger partial charge in [0.25, 0.3) is 0 Å². The molecule has 1 aliphatic heterocycles. The Hall–Kier alpha value is -1.06. The first kappa shape index (κ1) is 11.0. The van der Waals surface area contributed by atoms with E-state index in [0.717, 1.165) is 6.42 Å². The van der Waals surface area contributed by atoms with Crippen LogP contribution in [0.1, 0.15) is 33.6 Å². The van der Waals surface area contributed by atoms with Gasteiger partial charge in [-0.3, -0.25) is 9.59 Å². The molecule has 0 spiro atoms. The predicted molar refractivity (Wildman–Crippen MR) is 49.7 cm³/mol. The molecule has 14 heavy (non-hydrogen) atoms. The number of rotatable bonds is 3. The second-order valence-corrected chi connectivity index (χ2v) is 4.24. The van der Waals surface area contributed by atoms with Gasteiger partial charge in [0.05, 0.1) is 12.3 Å². The minimum atomic E-state index is -0.942. The van der Waals surface area contributed by atoms with Crippen molar-refractivity contribution in [2.75, 3.05) is 0 Å². The summed E-state index contributed by atoms with van der Waals surface area (Å²) in [6.45, 7) is 5.62. The summed E-state index contributed by atoms with van der Waals surface area (Å²) >= 11 is 0. The van der Waals surface area contributed by atoms with Gasteiger partial charge < -0.3 is 9.84 Å². The van der Waals surface area contributed by atoms with Crippen LogP contribution in [-0.4, -0.2) is 22.6 Å². The number of hydrogen-bond acceptors (Lipinski definition) is 3. The van der Waals surface area contributed by atoms with Gasteiger partial charge in [0.2, 0.25) is 0 Å². The molecule has 0 bridgehead atoms. The first-order valence-electron chi connectivity index (χ1n) is 4.83. The van der Waals surface area contributed by atoms with E-state index in [-0.39, 0.29) is 18.3 Å². The number of carbonyl (C=O) groups is 2. The quantitative estimate of drug-likeness (QED) is 0.700. The third-order valence-electron chi connectivity index (χ3n) is 2.88. The third kappa shape index (κ3) is 1.89. The molecule has 1 rings (SSSR count). The number of carboxylic acids is 1. The Kier molecular flexibility index (Phi) is 2.83. The molecule has 4 heteroatoms. The zero-order valence-corrected chi connectivity index (χ0v) is 8.74. The van der Waals surface area contributed by atoms with Crippen molar-refractivity contribution in [3.05, 3.63) is 0 Å². The van der Waals surface area contributed by atoms with Gasteiger partial charge in [0, 0.05) is 5.92 Å². The number of carboxylic acid groups (broad SMARTS) is 1. The normalized spacial score (nSPS) is 30.1. The molecule has 0 aromatic carbocycles. The number of hydrogen-bond donors (Lipinski definition) is 1. The standard InChI is InChI=1S/C10H16O4/c1-4-7-6(5-8(11)12)9(13)14-10(7,2)3/h6-7H,4-5H2,1-3H3,(H,11,12)/t6-,7-/m0/s1. The molecule has 2 atom stereocenters. The van der Waals surface area contributed by atoms with Crippen molar-refractivity contribution >= 4 is 11.9 Å². The molecular weight excluding hydrogens is 184 g/mol. The summed E-state index contributed by atoms with van der Waals surface area (Å²) in [5, 5.41) is 8.67. The van der Waals surface area contributed by atoms with Crippen molar-refractivity contribution in [3.8, 4) is 0 Å². The lowest BCUT2D eigenvalue weighted by Gasteiger charge is -2.25. The van der Waals surface area contributed by atoms with E-state index in [1.165, 1.54) is 0 Å². The van der Waals surface area contributed by atoms with Crippen LogP contribution in [0.25, 0.3) is 0 Å². The topological polar surface area (TPSA) is 63.6 Å². The van der Waals surface area contributed by atoms with Crippen LogP contribution in [0, 0.1) is 11.8 Å². The molecule has 80 valence electrons. The van der Waals surface area contributed by atoms with Gasteiger partial charge in [-0.1, -0.05) is 6.92 Å². The van der Waals surface area contributed by atoms with Crippen molar-refractivity contribution in [1.82, 2.24) is 0 Å². The summed E-state index contributed by atoms with van der Waals surface area (Å²) < 4.78 is 5.16. The largest absolute Gasteiger partial charge is 0.481 e. The zero-order chi connectivity index (χ0) is 10.9. The highest BCUT2D eigenvalue weighted by molar-refractivity contribution is 5.81. The van der Waals surface area contributed by atoms with Gasteiger partial charge in [-0.15, -0.1) is 0 Å². The van der Waals surface area contributed by atoms with Gasteiger partial charge in [-0.2, -0.15) is 0 Å². The molecule has 0 saturated carbocycles. The van der Waals surface area contributed by atoms with E-state index in [0.29, 0.717) is 0 Å². The second kappa shape index (κ2) is 3.59. The van der Waals surface area contributed by atoms with Crippen LogP contribution < -0.4 is 0 Å². The van der Waals surface area contributed by atoms with E-state index in [1.807, 2.05) is 20.8 Å². The Balaban J connectivity index is 2.83. The molecule has 0 radical (unpaired) electrons. The van der Waals surface area contributed by atoms with E-state index < -0.39 is 17.5 Å². The highest BCUT2D eigenvalue weighted by Gasteiger charge is 2.49. The van der Waals surface area contributed by atoms with Crippen molar-refractivity contribution in [1.29, 1.82) is 0 Å². The summed E-state index contributed by atoms with van der Waals surface area (Å²) in [5.74, 6) is -1.79. The lowest BCUT2D eigenvalue weighted by molar-refractivity contribution is -0.151. The van der Waals surface area contributed by atoms with Crippen molar-refractivity contribution in [3.63, 3.8) is 0 Å². The van der Waals surface area contributed by atoms with Crippen LogP contribution in [0.3, 0.4) is 0 Å². The van der Waals surface area contributed by atoms with Crippen molar-refractivity contribution in [2.24, 2.45) is 11.8 Å². The maximum atomic E-state index is 11.4. The fraction of sp³-hybridized carbons (Fsp3) is 0.800. The highest BCUT2D eigenvalue weighted by Crippen LogP contribution is 2.40. The SMILES string of the molecule is CC[C@H]1[C@H](CC(=O)O)C(=O)OC1(C)C. The van der Waals surface area contributed by atoms with E-state index in [2.05, 4.69) is 0 Å². The molecule has 0 amide bonds. The fourth-order valence-corrected chi connectivity index (χ4v) is 2.25. The van der Waals surface area contributed by atoms with Crippen molar-refractivity contribution in [2.45, 2.75) is 39.2 Å². The van der Waals surface area contributed by atoms with E-state index in [4.69, 9.17) is 9.84 Å². The summed E-state index contributed by atoms with van der Waals surface area (Å²) in [6.07, 6.45) is 0.636. The Morgan fingerprint density at radius 1 is 1.57 bits per heavy atom. The first-order chi connectivity index (χ1) is 6.38. The van der Waals surface area contributed by atoms with Crippen LogP contribution in [0.15, 0.2) is 0 Å². The van der Waals surface area contributed by atoms with Crippen LogP contribution in [0.2, 0.25) is 0 Å². The smallest absolute Gasteiger partial charge is 0.310 e. The third-order valence-corrected chi connectivity index (χ3v) is 2.88. The van der Waals surface area contributed by atoms with Crippen molar-refractivity contribution < 1.29 is 19.4 Å². The minimum absolute atomic E-state index is 0.00565. The maximum absolute atomic E-state index is 11.4. The monoisotopic (exact) mass is 200 g/mol. The molecule has 1 N–H and O–H groups in total. The van der Waals surface area contributed by atoms with Crippen LogP contribution in [0.4, 0.5) is 0 Å². The molecule has 1 aliphatic rings. The molecule has 4 nitrogen and oxygen atoms in total. The average molecular weight is 200 g/mol. The molecule has 0 unspecified atom stereocenters. The highest BCUT2D eigenvalue weighted by atomic mass is 16.6. The second-order valence-electron chi connectivity index (χ2n) is 4.24. The number of carbonyl (C=O) groups excluding carboxylic acids is 1. The fourth-order valence-electron chi connectivity index (χ4n) is 2.25. The number of aliphatic carboxylic acids is 1. The number of esters is 1. The predicted octanol–water partition coefficient (Wildman–Crippen LogP) is 1.44. The Morgan fingerprint density at radius 2 is 2.14 bits per heavy atom. The number of cyclic esters (lactones) is 1. The molecule has 0 aliphatic carbocycles. The Bertz CT molecular complexity index is 257. The van der Waals surface area contributed by atoms with Gasteiger partial charge in [0.1, 0.15) is 5.60 Å². The minimum Gasteiger partial charge on any atom is -0.481 e. The average Bonchev–Trinajstić information content (AvgIpc) is 2.20. The van der Waals surface area contributed by atoms with Gasteiger partial charge >= 0.3 is 11.9 Å². The molecule has 0 aromatic heterocycles. The van der Waals surface area contributed by atoms with Gasteiger partial charge in [-0.25, -0.2) is 0 Å². The molecule has 1 saturated heterocycles. The Morgan fingerprint density at radius 3 is 2.57 bits per heavy atom. The Labute approximate surface area is 83.2 Å². The molecule has 1 heterocycles. The molecular formula is C10H16O4. The summed E-state index contributed by atoms with van der Waals surface area (Å²) in [7, 11) is 0. The van der Waals surface area contributed by atoms with Crippen LogP contribution in [0.5, 0.6) is 0 Å². The maximum Gasteiger partial charge on any atom is 0.310 e. The lowest BCUT2D eigenvalue weighted by Crippen LogP contribution is -2.30. The van der Waals surface area contributed by atoms with Gasteiger partial charge in [-0.05, 0) is 20.3 Å². The lowest BCUT2D eigenvalue weighted by atomic mass is 9.80. The number of ether oxygens (including phenoxy) is 1. The summed E-state index contributed by atoms with van der Waals surface area (Å²) in [5.41, 5.74) is -0.522. The molecule has 1 fully saturated rings. The van der Waals surface area contributed by atoms with E-state index >= 15 is 0 Å². The van der Waals surface area contributed by atoms with E-state index in [9.17, 15) is 9.59 Å². The molecule has 0 aromatic rings. The zero-order valence-electron chi connectivity index (χ0n) is 8.74. The van der Waals surface area contributed by atoms with Crippen LogP contribution in [-0.2, 0) is 14.3 Å². The first-order valence-corrected chi connectivity index (χ1v) is 4.83. The van der Waals surface area contributed by atoms with Crippen LogP contribution >= 0.6 is 0 Å². The summed E-state index contributed by atoms with van der Waals surface area (Å²) in [6, 6.07) is 0.